The van der Waals surface area contributed by atoms with Gasteiger partial charge in [-0.2, -0.15) is 0 Å². The Hall–Kier alpha value is -2.04. The third-order valence-electron chi connectivity index (χ3n) is 4.32. The lowest BCUT2D eigenvalue weighted by atomic mass is 9.92. The van der Waals surface area contributed by atoms with Gasteiger partial charge < -0.3 is 15.1 Å². The summed E-state index contributed by atoms with van der Waals surface area (Å²) in [5.74, 6) is 0.147. The van der Waals surface area contributed by atoms with E-state index in [-0.39, 0.29) is 17.2 Å². The molecule has 0 spiro atoms. The van der Waals surface area contributed by atoms with Crippen molar-refractivity contribution in [2.45, 2.75) is 67.9 Å². The Labute approximate surface area is 171 Å². The Balaban J connectivity index is 3.16. The van der Waals surface area contributed by atoms with Gasteiger partial charge in [0.25, 0.3) is 0 Å². The molecule has 0 atom stereocenters. The van der Waals surface area contributed by atoms with Crippen LogP contribution in [0.2, 0.25) is 0 Å². The molecule has 0 aliphatic heterocycles. The largest absolute Gasteiger partial charge is 0.377 e. The average molecular weight is 390 g/mol. The number of benzene rings is 1. The monoisotopic (exact) mass is 389 g/mol. The molecular formula is C23H39N3O2. The summed E-state index contributed by atoms with van der Waals surface area (Å²) in [5.41, 5.74) is 2.37. The molecule has 0 aliphatic rings. The number of hydrogen-bond donors (Lipinski definition) is 1. The molecule has 0 bridgehead atoms. The molecule has 0 radical (unpaired) electrons. The molecule has 5 nitrogen and oxygen atoms in total. The molecule has 0 saturated carbocycles. The third-order valence-corrected chi connectivity index (χ3v) is 4.32. The van der Waals surface area contributed by atoms with Crippen molar-refractivity contribution in [3.8, 4) is 0 Å². The van der Waals surface area contributed by atoms with Crippen molar-refractivity contribution in [2.24, 2.45) is 10.8 Å². The van der Waals surface area contributed by atoms with Gasteiger partial charge in [0, 0.05) is 50.4 Å². The van der Waals surface area contributed by atoms with Crippen molar-refractivity contribution in [1.29, 1.82) is 0 Å². The Kier molecular flexibility index (Phi) is 8.09. The van der Waals surface area contributed by atoms with E-state index in [0.29, 0.717) is 19.5 Å². The summed E-state index contributed by atoms with van der Waals surface area (Å²) < 4.78 is 0. The molecule has 0 fully saturated rings. The summed E-state index contributed by atoms with van der Waals surface area (Å²) in [6.45, 7) is 15.3. The molecule has 1 rings (SSSR count). The number of nitrogens with zero attached hydrogens (tertiary/aromatic N) is 2. The number of carbonyl (C=O) groups excluding carboxylic acids is 2. The van der Waals surface area contributed by atoms with E-state index in [2.05, 4.69) is 12.2 Å². The van der Waals surface area contributed by atoms with Gasteiger partial charge in [-0.3, -0.25) is 9.59 Å². The molecule has 0 saturated heterocycles. The molecule has 5 heteroatoms. The predicted molar refractivity (Wildman–Crippen MR) is 119 cm³/mol. The fourth-order valence-corrected chi connectivity index (χ4v) is 3.12. The lowest BCUT2D eigenvalue weighted by Gasteiger charge is -2.31. The SMILES string of the molecule is CCCN(Cc1cc(NC(=O)CC(C)(C)C)ccc1N(C)C)C(=O)C(C)(C)C. The molecule has 0 unspecified atom stereocenters. The second kappa shape index (κ2) is 9.44. The van der Waals surface area contributed by atoms with E-state index >= 15 is 0 Å². The Bertz CT molecular complexity index is 682. The average Bonchev–Trinajstić information content (AvgIpc) is 2.50. The zero-order valence-corrected chi connectivity index (χ0v) is 19.3. The molecule has 28 heavy (non-hydrogen) atoms. The second-order valence-corrected chi connectivity index (χ2v) is 10.0. The Morgan fingerprint density at radius 2 is 1.64 bits per heavy atom. The van der Waals surface area contributed by atoms with Crippen LogP contribution in [0.3, 0.4) is 0 Å². The highest BCUT2D eigenvalue weighted by Crippen LogP contribution is 2.27. The van der Waals surface area contributed by atoms with Gasteiger partial charge >= 0.3 is 0 Å². The number of rotatable bonds is 7. The zero-order chi connectivity index (χ0) is 21.7. The maximum absolute atomic E-state index is 12.9. The van der Waals surface area contributed by atoms with Gasteiger partial charge in [0.05, 0.1) is 0 Å². The molecule has 158 valence electrons. The van der Waals surface area contributed by atoms with Gasteiger partial charge in [-0.05, 0) is 35.6 Å². The number of hydrogen-bond acceptors (Lipinski definition) is 3. The van der Waals surface area contributed by atoms with E-state index in [9.17, 15) is 9.59 Å². The topological polar surface area (TPSA) is 52.7 Å². The zero-order valence-electron chi connectivity index (χ0n) is 19.3. The fraction of sp³-hybridized carbons (Fsp3) is 0.652. The molecule has 0 aliphatic carbocycles. The van der Waals surface area contributed by atoms with Crippen LogP contribution in [0.1, 0.15) is 66.9 Å². The van der Waals surface area contributed by atoms with Crippen molar-refractivity contribution in [3.63, 3.8) is 0 Å². The van der Waals surface area contributed by atoms with Crippen LogP contribution in [0.25, 0.3) is 0 Å². The van der Waals surface area contributed by atoms with E-state index in [1.165, 1.54) is 0 Å². The predicted octanol–water partition coefficient (Wildman–Crippen LogP) is 4.91. The van der Waals surface area contributed by atoms with Crippen LogP contribution in [-0.4, -0.2) is 37.4 Å². The maximum atomic E-state index is 12.9. The Morgan fingerprint density at radius 1 is 1.04 bits per heavy atom. The molecule has 1 aromatic rings. The second-order valence-electron chi connectivity index (χ2n) is 10.0. The van der Waals surface area contributed by atoms with Crippen molar-refractivity contribution in [3.05, 3.63) is 23.8 Å². The highest BCUT2D eigenvalue weighted by atomic mass is 16.2. The quantitative estimate of drug-likeness (QED) is 0.721. The summed E-state index contributed by atoms with van der Waals surface area (Å²) in [6.07, 6.45) is 1.36. The van der Waals surface area contributed by atoms with E-state index < -0.39 is 5.41 Å². The Morgan fingerprint density at radius 3 is 2.11 bits per heavy atom. The molecule has 0 heterocycles. The first-order valence-corrected chi connectivity index (χ1v) is 10.1. The van der Waals surface area contributed by atoms with Crippen LogP contribution in [0, 0.1) is 10.8 Å². The van der Waals surface area contributed by atoms with Gasteiger partial charge in [-0.25, -0.2) is 0 Å². The van der Waals surface area contributed by atoms with Crippen molar-refractivity contribution in [1.82, 2.24) is 4.90 Å². The van der Waals surface area contributed by atoms with Crippen molar-refractivity contribution >= 4 is 23.2 Å². The minimum atomic E-state index is -0.425. The summed E-state index contributed by atoms with van der Waals surface area (Å²) >= 11 is 0. The first-order valence-electron chi connectivity index (χ1n) is 10.1. The van der Waals surface area contributed by atoms with Gasteiger partial charge in [-0.15, -0.1) is 0 Å². The summed E-state index contributed by atoms with van der Waals surface area (Å²) in [4.78, 5) is 29.2. The molecule has 0 aromatic heterocycles. The highest BCUT2D eigenvalue weighted by molar-refractivity contribution is 5.91. The number of nitrogens with one attached hydrogen (secondary N) is 1. The smallest absolute Gasteiger partial charge is 0.228 e. The lowest BCUT2D eigenvalue weighted by Crippen LogP contribution is -2.39. The van der Waals surface area contributed by atoms with Crippen LogP contribution in [0.5, 0.6) is 0 Å². The minimum absolute atomic E-state index is 0.00670. The van der Waals surface area contributed by atoms with Gasteiger partial charge in [0.1, 0.15) is 0 Å². The first-order chi connectivity index (χ1) is 12.7. The number of anilines is 2. The molecule has 1 aromatic carbocycles. The lowest BCUT2D eigenvalue weighted by molar-refractivity contribution is -0.140. The van der Waals surface area contributed by atoms with Crippen molar-refractivity contribution < 1.29 is 9.59 Å². The third kappa shape index (κ3) is 7.53. The van der Waals surface area contributed by atoms with Crippen LogP contribution in [0.4, 0.5) is 11.4 Å². The molecule has 1 N–H and O–H groups in total. The number of carbonyl (C=O) groups is 2. The normalized spacial score (nSPS) is 11.9. The standard InChI is InChI=1S/C23H39N3O2/c1-10-13-26(21(28)23(5,6)7)16-17-14-18(11-12-19(17)25(8)9)24-20(27)15-22(2,3)4/h11-12,14H,10,13,15-16H2,1-9H3,(H,24,27). The van der Waals surface area contributed by atoms with Gasteiger partial charge in [0.15, 0.2) is 0 Å². The van der Waals surface area contributed by atoms with E-state index in [4.69, 9.17) is 0 Å². The van der Waals surface area contributed by atoms with E-state index in [1.54, 1.807) is 0 Å². The van der Waals surface area contributed by atoms with Crippen LogP contribution >= 0.6 is 0 Å². The summed E-state index contributed by atoms with van der Waals surface area (Å²) in [6, 6.07) is 5.93. The maximum Gasteiger partial charge on any atom is 0.228 e. The first kappa shape index (κ1) is 24.0. The van der Waals surface area contributed by atoms with Crippen LogP contribution in [0.15, 0.2) is 18.2 Å². The van der Waals surface area contributed by atoms with Crippen LogP contribution in [-0.2, 0) is 16.1 Å². The fourth-order valence-electron chi connectivity index (χ4n) is 3.12. The van der Waals surface area contributed by atoms with E-state index in [1.807, 2.05) is 83.6 Å². The number of amides is 2. The van der Waals surface area contributed by atoms with Gasteiger partial charge in [0.2, 0.25) is 11.8 Å². The van der Waals surface area contributed by atoms with Crippen molar-refractivity contribution in [2.75, 3.05) is 30.9 Å². The minimum Gasteiger partial charge on any atom is -0.377 e. The summed E-state index contributed by atoms with van der Waals surface area (Å²) in [7, 11) is 3.98. The highest BCUT2D eigenvalue weighted by Gasteiger charge is 2.27. The van der Waals surface area contributed by atoms with Gasteiger partial charge in [-0.1, -0.05) is 48.5 Å². The summed E-state index contributed by atoms with van der Waals surface area (Å²) in [5, 5.41) is 3.01. The molecule has 2 amide bonds. The molecular weight excluding hydrogens is 350 g/mol. The van der Waals surface area contributed by atoms with Crippen LogP contribution < -0.4 is 10.2 Å². The van der Waals surface area contributed by atoms with E-state index in [0.717, 1.165) is 23.4 Å².